The third-order valence-electron chi connectivity index (χ3n) is 2.31. The van der Waals surface area contributed by atoms with Gasteiger partial charge in [0.05, 0.1) is 27.6 Å². The highest BCUT2D eigenvalue weighted by Crippen LogP contribution is 2.32. The van der Waals surface area contributed by atoms with Crippen LogP contribution >= 0.6 is 23.2 Å². The molecule has 5 heteroatoms. The van der Waals surface area contributed by atoms with Crippen molar-refractivity contribution in [2.45, 2.75) is 6.92 Å². The molecule has 0 saturated heterocycles. The van der Waals surface area contributed by atoms with Crippen molar-refractivity contribution in [3.8, 4) is 0 Å². The summed E-state index contributed by atoms with van der Waals surface area (Å²) in [4.78, 5) is 4.20. The summed E-state index contributed by atoms with van der Waals surface area (Å²) in [6, 6.07) is 7.16. The number of para-hydroxylation sites is 1. The first kappa shape index (κ1) is 12.0. The SMILES string of the molecule is Cc1cc(N)cnc1Nc1c(Cl)cccc1Cl. The number of anilines is 3. The van der Waals surface area contributed by atoms with Gasteiger partial charge in [0.15, 0.2) is 0 Å². The molecular formula is C12H11Cl2N3. The Labute approximate surface area is 110 Å². The molecule has 1 aromatic carbocycles. The molecule has 0 atom stereocenters. The first-order valence-corrected chi connectivity index (χ1v) is 5.76. The second kappa shape index (κ2) is 4.82. The van der Waals surface area contributed by atoms with Crippen molar-refractivity contribution < 1.29 is 0 Å². The lowest BCUT2D eigenvalue weighted by atomic mass is 10.2. The number of nitrogens with one attached hydrogen (secondary N) is 1. The van der Waals surface area contributed by atoms with Crippen LogP contribution in [0.15, 0.2) is 30.5 Å². The standard InChI is InChI=1S/C12H11Cl2N3/c1-7-5-8(15)6-16-12(7)17-11-9(13)3-2-4-10(11)14/h2-6H,15H2,1H3,(H,16,17). The van der Waals surface area contributed by atoms with E-state index in [9.17, 15) is 0 Å². The van der Waals surface area contributed by atoms with E-state index in [0.29, 0.717) is 27.2 Å². The molecule has 0 radical (unpaired) electrons. The maximum absolute atomic E-state index is 6.06. The Morgan fingerprint density at radius 2 is 1.88 bits per heavy atom. The van der Waals surface area contributed by atoms with Gasteiger partial charge in [-0.25, -0.2) is 4.98 Å². The van der Waals surface area contributed by atoms with Crippen LogP contribution in [0.1, 0.15) is 5.56 Å². The van der Waals surface area contributed by atoms with Crippen molar-refractivity contribution in [2.24, 2.45) is 0 Å². The summed E-state index contributed by atoms with van der Waals surface area (Å²) in [7, 11) is 0. The summed E-state index contributed by atoms with van der Waals surface area (Å²) >= 11 is 12.1. The molecule has 0 aliphatic rings. The highest BCUT2D eigenvalue weighted by Gasteiger charge is 2.07. The lowest BCUT2D eigenvalue weighted by Gasteiger charge is -2.11. The van der Waals surface area contributed by atoms with E-state index in [1.54, 1.807) is 24.4 Å². The number of aryl methyl sites for hydroxylation is 1. The molecule has 0 aliphatic carbocycles. The highest BCUT2D eigenvalue weighted by molar-refractivity contribution is 6.39. The minimum atomic E-state index is 0.551. The molecule has 0 fully saturated rings. The zero-order valence-corrected chi connectivity index (χ0v) is 10.7. The molecule has 2 aromatic rings. The molecule has 88 valence electrons. The van der Waals surface area contributed by atoms with Crippen molar-refractivity contribution >= 4 is 40.4 Å². The molecule has 0 saturated carbocycles. The number of rotatable bonds is 2. The Balaban J connectivity index is 2.38. The maximum Gasteiger partial charge on any atom is 0.133 e. The highest BCUT2D eigenvalue weighted by atomic mass is 35.5. The number of nitrogen functional groups attached to an aromatic ring is 1. The molecule has 1 aromatic heterocycles. The summed E-state index contributed by atoms with van der Waals surface area (Å²) in [5, 5.41) is 4.21. The second-order valence-electron chi connectivity index (χ2n) is 3.66. The topological polar surface area (TPSA) is 50.9 Å². The van der Waals surface area contributed by atoms with Gasteiger partial charge in [0, 0.05) is 0 Å². The van der Waals surface area contributed by atoms with Gasteiger partial charge < -0.3 is 11.1 Å². The molecule has 3 nitrogen and oxygen atoms in total. The Morgan fingerprint density at radius 1 is 1.24 bits per heavy atom. The van der Waals surface area contributed by atoms with Crippen LogP contribution in [0, 0.1) is 6.92 Å². The average Bonchev–Trinajstić information content (AvgIpc) is 2.26. The van der Waals surface area contributed by atoms with Crippen LogP contribution in [-0.2, 0) is 0 Å². The molecule has 0 bridgehead atoms. The fraction of sp³-hybridized carbons (Fsp3) is 0.0833. The molecular weight excluding hydrogens is 257 g/mol. The van der Waals surface area contributed by atoms with Crippen molar-refractivity contribution in [1.29, 1.82) is 0 Å². The van der Waals surface area contributed by atoms with Gasteiger partial charge in [-0.05, 0) is 30.7 Å². The quantitative estimate of drug-likeness (QED) is 0.864. The predicted octanol–water partition coefficient (Wildman–Crippen LogP) is 4.02. The average molecular weight is 268 g/mol. The van der Waals surface area contributed by atoms with Crippen LogP contribution in [0.4, 0.5) is 17.2 Å². The van der Waals surface area contributed by atoms with E-state index in [0.717, 1.165) is 5.56 Å². The summed E-state index contributed by atoms with van der Waals surface area (Å²) < 4.78 is 0. The van der Waals surface area contributed by atoms with Crippen LogP contribution in [0.25, 0.3) is 0 Å². The number of aromatic nitrogens is 1. The molecule has 0 amide bonds. The predicted molar refractivity (Wildman–Crippen MR) is 73.1 cm³/mol. The van der Waals surface area contributed by atoms with E-state index >= 15 is 0 Å². The normalized spacial score (nSPS) is 10.3. The van der Waals surface area contributed by atoms with E-state index < -0.39 is 0 Å². The molecule has 17 heavy (non-hydrogen) atoms. The van der Waals surface area contributed by atoms with Gasteiger partial charge in [-0.3, -0.25) is 0 Å². The van der Waals surface area contributed by atoms with E-state index in [4.69, 9.17) is 28.9 Å². The van der Waals surface area contributed by atoms with Crippen LogP contribution in [0.2, 0.25) is 10.0 Å². The number of pyridine rings is 1. The molecule has 3 N–H and O–H groups in total. The van der Waals surface area contributed by atoms with Gasteiger partial charge >= 0.3 is 0 Å². The van der Waals surface area contributed by atoms with Crippen molar-refractivity contribution in [2.75, 3.05) is 11.1 Å². The molecule has 0 unspecified atom stereocenters. The van der Waals surface area contributed by atoms with Crippen molar-refractivity contribution in [3.63, 3.8) is 0 Å². The Morgan fingerprint density at radius 3 is 2.47 bits per heavy atom. The summed E-state index contributed by atoms with van der Waals surface area (Å²) in [6.45, 7) is 1.91. The summed E-state index contributed by atoms with van der Waals surface area (Å²) in [5.74, 6) is 0.689. The summed E-state index contributed by atoms with van der Waals surface area (Å²) in [5.41, 5.74) is 7.84. The number of hydrogen-bond donors (Lipinski definition) is 2. The van der Waals surface area contributed by atoms with Gasteiger partial charge in [0.1, 0.15) is 5.82 Å². The second-order valence-corrected chi connectivity index (χ2v) is 4.47. The maximum atomic E-state index is 6.06. The number of hydrogen-bond acceptors (Lipinski definition) is 3. The van der Waals surface area contributed by atoms with Crippen LogP contribution < -0.4 is 11.1 Å². The zero-order valence-electron chi connectivity index (χ0n) is 9.17. The minimum absolute atomic E-state index is 0.551. The summed E-state index contributed by atoms with van der Waals surface area (Å²) in [6.07, 6.45) is 1.58. The molecule has 2 rings (SSSR count). The molecule has 0 aliphatic heterocycles. The first-order chi connectivity index (χ1) is 8.08. The van der Waals surface area contributed by atoms with Gasteiger partial charge in [-0.1, -0.05) is 29.3 Å². The van der Waals surface area contributed by atoms with Gasteiger partial charge in [-0.15, -0.1) is 0 Å². The fourth-order valence-electron chi connectivity index (χ4n) is 1.46. The fourth-order valence-corrected chi connectivity index (χ4v) is 1.95. The lowest BCUT2D eigenvalue weighted by Crippen LogP contribution is -1.99. The van der Waals surface area contributed by atoms with Crippen LogP contribution in [0.3, 0.4) is 0 Å². The minimum Gasteiger partial charge on any atom is -0.397 e. The number of nitrogens with zero attached hydrogens (tertiary/aromatic N) is 1. The third-order valence-corrected chi connectivity index (χ3v) is 2.94. The molecule has 1 heterocycles. The zero-order chi connectivity index (χ0) is 12.4. The van der Waals surface area contributed by atoms with E-state index in [1.165, 1.54) is 0 Å². The lowest BCUT2D eigenvalue weighted by molar-refractivity contribution is 1.26. The number of halogens is 2. The smallest absolute Gasteiger partial charge is 0.133 e. The van der Waals surface area contributed by atoms with Crippen molar-refractivity contribution in [1.82, 2.24) is 4.98 Å². The van der Waals surface area contributed by atoms with E-state index in [1.807, 2.05) is 13.0 Å². The Hall–Kier alpha value is -1.45. The monoisotopic (exact) mass is 267 g/mol. The van der Waals surface area contributed by atoms with Crippen LogP contribution in [0.5, 0.6) is 0 Å². The number of nitrogens with two attached hydrogens (primary N) is 1. The Bertz CT molecular complexity index is 535. The van der Waals surface area contributed by atoms with Gasteiger partial charge in [0.25, 0.3) is 0 Å². The van der Waals surface area contributed by atoms with Gasteiger partial charge in [-0.2, -0.15) is 0 Å². The van der Waals surface area contributed by atoms with Gasteiger partial charge in [0.2, 0.25) is 0 Å². The first-order valence-electron chi connectivity index (χ1n) is 5.01. The van der Waals surface area contributed by atoms with Crippen molar-refractivity contribution in [3.05, 3.63) is 46.1 Å². The largest absolute Gasteiger partial charge is 0.397 e. The molecule has 0 spiro atoms. The van der Waals surface area contributed by atoms with E-state index in [2.05, 4.69) is 10.3 Å². The van der Waals surface area contributed by atoms with Crippen LogP contribution in [-0.4, -0.2) is 4.98 Å². The van der Waals surface area contributed by atoms with E-state index in [-0.39, 0.29) is 0 Å². The Kier molecular flexibility index (Phi) is 3.41. The third kappa shape index (κ3) is 2.62. The number of benzene rings is 1.